The van der Waals surface area contributed by atoms with Gasteiger partial charge in [0.2, 0.25) is 0 Å². The number of fused-ring (bicyclic) bond motifs is 1. The van der Waals surface area contributed by atoms with Gasteiger partial charge in [-0.2, -0.15) is 0 Å². The third-order valence-electron chi connectivity index (χ3n) is 4.16. The molecule has 0 unspecified atom stereocenters. The van der Waals surface area contributed by atoms with Gasteiger partial charge in [-0.1, -0.05) is 29.5 Å². The van der Waals surface area contributed by atoms with Crippen LogP contribution in [-0.4, -0.2) is 50.1 Å². The number of carbonyl (C=O) groups is 1. The summed E-state index contributed by atoms with van der Waals surface area (Å²) in [5.41, 5.74) is 1.50. The predicted octanol–water partition coefficient (Wildman–Crippen LogP) is 4.93. The van der Waals surface area contributed by atoms with Crippen molar-refractivity contribution < 1.29 is 9.53 Å². The van der Waals surface area contributed by atoms with Crippen LogP contribution in [0.1, 0.15) is 16.8 Å². The van der Waals surface area contributed by atoms with Crippen LogP contribution in [0.25, 0.3) is 10.2 Å². The second kappa shape index (κ2) is 10.4. The first-order valence-corrected chi connectivity index (χ1v) is 10.6. The molecule has 0 aliphatic heterocycles. The number of para-hydroxylation sites is 1. The van der Waals surface area contributed by atoms with Crippen LogP contribution >= 0.6 is 46.3 Å². The SMILES string of the molecule is COc1cccc2sc(N(CCCN(C)C)C(=O)c3ccccc3I)nc12.Cl. The van der Waals surface area contributed by atoms with Crippen LogP contribution < -0.4 is 9.64 Å². The maximum Gasteiger partial charge on any atom is 0.261 e. The lowest BCUT2D eigenvalue weighted by Crippen LogP contribution is -2.33. The highest BCUT2D eigenvalue weighted by Gasteiger charge is 2.23. The Morgan fingerprint density at radius 1 is 1.14 bits per heavy atom. The zero-order valence-electron chi connectivity index (χ0n) is 16.0. The molecule has 1 amide bonds. The molecule has 1 heterocycles. The molecule has 0 radical (unpaired) electrons. The van der Waals surface area contributed by atoms with E-state index in [1.807, 2.05) is 56.6 Å². The number of rotatable bonds is 7. The van der Waals surface area contributed by atoms with Gasteiger partial charge >= 0.3 is 0 Å². The van der Waals surface area contributed by atoms with Gasteiger partial charge in [0, 0.05) is 10.1 Å². The minimum atomic E-state index is -0.0169. The summed E-state index contributed by atoms with van der Waals surface area (Å²) in [5.74, 6) is 0.710. The molecule has 0 N–H and O–H groups in total. The Morgan fingerprint density at radius 2 is 1.89 bits per heavy atom. The maximum atomic E-state index is 13.3. The summed E-state index contributed by atoms with van der Waals surface area (Å²) in [6, 6.07) is 13.5. The van der Waals surface area contributed by atoms with Crippen molar-refractivity contribution in [2.45, 2.75) is 6.42 Å². The van der Waals surface area contributed by atoms with Crippen LogP contribution in [0.15, 0.2) is 42.5 Å². The normalized spacial score (nSPS) is 10.8. The summed E-state index contributed by atoms with van der Waals surface area (Å²) in [5, 5.41) is 0.706. The third kappa shape index (κ3) is 5.14. The molecule has 0 saturated heterocycles. The van der Waals surface area contributed by atoms with E-state index >= 15 is 0 Å². The van der Waals surface area contributed by atoms with Gasteiger partial charge in [-0.15, -0.1) is 12.4 Å². The molecular formula is C20H23ClIN3O2S. The summed E-state index contributed by atoms with van der Waals surface area (Å²) in [7, 11) is 5.71. The van der Waals surface area contributed by atoms with E-state index in [9.17, 15) is 4.79 Å². The fraction of sp³-hybridized carbons (Fsp3) is 0.300. The average Bonchev–Trinajstić information content (AvgIpc) is 3.08. The lowest BCUT2D eigenvalue weighted by molar-refractivity contribution is 0.0985. The molecule has 2 aromatic carbocycles. The number of hydrogen-bond donors (Lipinski definition) is 0. The van der Waals surface area contributed by atoms with Gasteiger partial charge in [-0.25, -0.2) is 4.98 Å². The summed E-state index contributed by atoms with van der Waals surface area (Å²) >= 11 is 3.73. The van der Waals surface area contributed by atoms with Crippen LogP contribution in [0.5, 0.6) is 5.75 Å². The van der Waals surface area contributed by atoms with Crippen molar-refractivity contribution >= 4 is 67.6 Å². The Kier molecular flexibility index (Phi) is 8.48. The molecule has 1 aromatic heterocycles. The number of anilines is 1. The number of carbonyl (C=O) groups excluding carboxylic acids is 1. The van der Waals surface area contributed by atoms with Crippen molar-refractivity contribution in [1.82, 2.24) is 9.88 Å². The highest BCUT2D eigenvalue weighted by Crippen LogP contribution is 2.35. The zero-order valence-corrected chi connectivity index (χ0v) is 19.8. The van der Waals surface area contributed by atoms with E-state index in [-0.39, 0.29) is 18.3 Å². The van der Waals surface area contributed by atoms with Gasteiger partial charge in [0.1, 0.15) is 11.3 Å². The van der Waals surface area contributed by atoms with Crippen molar-refractivity contribution in [3.8, 4) is 5.75 Å². The minimum absolute atomic E-state index is 0. The Morgan fingerprint density at radius 3 is 2.57 bits per heavy atom. The van der Waals surface area contributed by atoms with Gasteiger partial charge < -0.3 is 9.64 Å². The van der Waals surface area contributed by atoms with Gasteiger partial charge in [0.15, 0.2) is 5.13 Å². The molecule has 3 aromatic rings. The first-order chi connectivity index (χ1) is 13.0. The lowest BCUT2D eigenvalue weighted by atomic mass is 10.2. The number of halogens is 2. The van der Waals surface area contributed by atoms with E-state index in [1.54, 1.807) is 12.0 Å². The van der Waals surface area contributed by atoms with E-state index in [1.165, 1.54) is 11.3 Å². The molecular weight excluding hydrogens is 509 g/mol. The maximum absolute atomic E-state index is 13.3. The van der Waals surface area contributed by atoms with Crippen molar-refractivity contribution in [2.75, 3.05) is 39.2 Å². The number of ether oxygens (including phenoxy) is 1. The zero-order chi connectivity index (χ0) is 19.4. The first-order valence-electron chi connectivity index (χ1n) is 8.66. The second-order valence-corrected chi connectivity index (χ2v) is 8.57. The van der Waals surface area contributed by atoms with Crippen LogP contribution in [0.4, 0.5) is 5.13 Å². The van der Waals surface area contributed by atoms with Crippen LogP contribution in [0, 0.1) is 3.57 Å². The number of amides is 1. The van der Waals surface area contributed by atoms with Crippen molar-refractivity contribution in [3.63, 3.8) is 0 Å². The molecule has 0 atom stereocenters. The molecule has 0 aliphatic carbocycles. The lowest BCUT2D eigenvalue weighted by Gasteiger charge is -2.21. The molecule has 0 bridgehead atoms. The quantitative estimate of drug-likeness (QED) is 0.406. The second-order valence-electron chi connectivity index (χ2n) is 6.40. The molecule has 28 heavy (non-hydrogen) atoms. The molecule has 0 spiro atoms. The Hall–Kier alpha value is -1.42. The summed E-state index contributed by atoms with van der Waals surface area (Å²) < 4.78 is 7.38. The Balaban J connectivity index is 0.00000280. The Labute approximate surface area is 189 Å². The predicted molar refractivity (Wildman–Crippen MR) is 127 cm³/mol. The van der Waals surface area contributed by atoms with E-state index in [0.717, 1.165) is 32.5 Å². The fourth-order valence-corrected chi connectivity index (χ4v) is 4.43. The van der Waals surface area contributed by atoms with E-state index in [4.69, 9.17) is 9.72 Å². The minimum Gasteiger partial charge on any atom is -0.494 e. The standard InChI is InChI=1S/C20H22IN3O2S.ClH/c1-23(2)12-7-13-24(19(25)14-8-4-5-9-15(14)21)20-22-18-16(26-3)10-6-11-17(18)27-20;/h4-6,8-11H,7,12-13H2,1-3H3;1H. The van der Waals surface area contributed by atoms with E-state index < -0.39 is 0 Å². The van der Waals surface area contributed by atoms with Gasteiger partial charge in [0.05, 0.1) is 17.4 Å². The highest BCUT2D eigenvalue weighted by atomic mass is 127. The monoisotopic (exact) mass is 531 g/mol. The molecule has 3 rings (SSSR count). The largest absolute Gasteiger partial charge is 0.494 e. The molecule has 0 fully saturated rings. The number of hydrogen-bond acceptors (Lipinski definition) is 5. The van der Waals surface area contributed by atoms with Crippen molar-refractivity contribution in [1.29, 1.82) is 0 Å². The van der Waals surface area contributed by atoms with Gasteiger partial charge in [0.25, 0.3) is 5.91 Å². The van der Waals surface area contributed by atoms with Crippen molar-refractivity contribution in [3.05, 3.63) is 51.6 Å². The number of thiazole rings is 1. The average molecular weight is 532 g/mol. The van der Waals surface area contributed by atoms with E-state index in [2.05, 4.69) is 27.5 Å². The van der Waals surface area contributed by atoms with Gasteiger partial charge in [-0.3, -0.25) is 9.69 Å². The summed E-state index contributed by atoms with van der Waals surface area (Å²) in [6.45, 7) is 1.52. The number of nitrogens with zero attached hydrogens (tertiary/aromatic N) is 3. The molecule has 0 aliphatic rings. The molecule has 5 nitrogen and oxygen atoms in total. The molecule has 8 heteroatoms. The number of benzene rings is 2. The highest BCUT2D eigenvalue weighted by molar-refractivity contribution is 14.1. The first kappa shape index (κ1) is 22.9. The fourth-order valence-electron chi connectivity index (χ4n) is 2.80. The smallest absolute Gasteiger partial charge is 0.261 e. The number of aromatic nitrogens is 1. The third-order valence-corrected chi connectivity index (χ3v) is 6.14. The van der Waals surface area contributed by atoms with Crippen LogP contribution in [0.3, 0.4) is 0 Å². The molecule has 150 valence electrons. The van der Waals surface area contributed by atoms with Crippen molar-refractivity contribution in [2.24, 2.45) is 0 Å². The van der Waals surface area contributed by atoms with Crippen LogP contribution in [-0.2, 0) is 0 Å². The summed E-state index contributed by atoms with van der Waals surface area (Å²) in [6.07, 6.45) is 0.870. The van der Waals surface area contributed by atoms with Crippen LogP contribution in [0.2, 0.25) is 0 Å². The topological polar surface area (TPSA) is 45.7 Å². The Bertz CT molecular complexity index is 948. The number of methoxy groups -OCH3 is 1. The summed E-state index contributed by atoms with van der Waals surface area (Å²) in [4.78, 5) is 22.0. The molecule has 0 saturated carbocycles. The van der Waals surface area contributed by atoms with Gasteiger partial charge in [-0.05, 0) is 73.9 Å². The van der Waals surface area contributed by atoms with E-state index in [0.29, 0.717) is 17.2 Å².